The van der Waals surface area contributed by atoms with Crippen molar-refractivity contribution in [1.29, 1.82) is 0 Å². The second kappa shape index (κ2) is 12.1. The highest BCUT2D eigenvalue weighted by Gasteiger charge is 2.22. The van der Waals surface area contributed by atoms with E-state index in [-0.39, 0.29) is 11.9 Å². The number of unbranched alkanes of at least 4 members (excludes halogenated alkanes) is 2. The van der Waals surface area contributed by atoms with Gasteiger partial charge in [0.15, 0.2) is 0 Å². The standard InChI is InChI=1S/C22H37N3O/c1-2-3-9-19-13-15-24-20(16-19)21(17-18-10-5-4-6-11-18)25-22(26)12-7-8-14-23/h13,15-16,18,21H,2-12,14,17,23H2,1H3,(H,25,26)/t21-/m0/s1. The molecule has 1 atom stereocenters. The maximum Gasteiger partial charge on any atom is 0.220 e. The monoisotopic (exact) mass is 359 g/mol. The molecule has 146 valence electrons. The molecule has 1 aromatic heterocycles. The highest BCUT2D eigenvalue weighted by Crippen LogP contribution is 2.31. The Morgan fingerprint density at radius 3 is 2.81 bits per heavy atom. The van der Waals surface area contributed by atoms with Crippen LogP contribution in [0.15, 0.2) is 18.3 Å². The van der Waals surface area contributed by atoms with Gasteiger partial charge in [-0.15, -0.1) is 0 Å². The molecular formula is C22H37N3O. The summed E-state index contributed by atoms with van der Waals surface area (Å²) >= 11 is 0. The molecule has 0 radical (unpaired) electrons. The molecule has 1 aromatic rings. The average molecular weight is 360 g/mol. The molecule has 0 unspecified atom stereocenters. The zero-order chi connectivity index (χ0) is 18.6. The Morgan fingerprint density at radius 2 is 2.08 bits per heavy atom. The van der Waals surface area contributed by atoms with Crippen LogP contribution >= 0.6 is 0 Å². The zero-order valence-electron chi connectivity index (χ0n) is 16.5. The minimum Gasteiger partial charge on any atom is -0.348 e. The van der Waals surface area contributed by atoms with Crippen LogP contribution < -0.4 is 11.1 Å². The summed E-state index contributed by atoms with van der Waals surface area (Å²) in [6.07, 6.45) is 15.3. The molecule has 4 heteroatoms. The van der Waals surface area contributed by atoms with E-state index in [2.05, 4.69) is 29.4 Å². The Labute approximate surface area is 159 Å². The third-order valence-corrected chi connectivity index (χ3v) is 5.51. The first-order valence-corrected chi connectivity index (χ1v) is 10.7. The molecule has 26 heavy (non-hydrogen) atoms. The maximum absolute atomic E-state index is 12.4. The van der Waals surface area contributed by atoms with E-state index in [0.29, 0.717) is 18.9 Å². The number of nitrogens with two attached hydrogens (primary N) is 1. The van der Waals surface area contributed by atoms with Gasteiger partial charge in [-0.25, -0.2) is 0 Å². The summed E-state index contributed by atoms with van der Waals surface area (Å²) in [5.74, 6) is 0.846. The van der Waals surface area contributed by atoms with E-state index in [4.69, 9.17) is 5.73 Å². The zero-order valence-corrected chi connectivity index (χ0v) is 16.5. The van der Waals surface area contributed by atoms with Crippen molar-refractivity contribution in [3.63, 3.8) is 0 Å². The van der Waals surface area contributed by atoms with E-state index in [0.717, 1.165) is 31.4 Å². The number of amides is 1. The number of hydrogen-bond acceptors (Lipinski definition) is 3. The summed E-state index contributed by atoms with van der Waals surface area (Å²) in [6, 6.07) is 4.37. The number of aryl methyl sites for hydroxylation is 1. The number of nitrogens with zero attached hydrogens (tertiary/aromatic N) is 1. The van der Waals surface area contributed by atoms with Gasteiger partial charge in [-0.1, -0.05) is 45.4 Å². The lowest BCUT2D eigenvalue weighted by molar-refractivity contribution is -0.122. The lowest BCUT2D eigenvalue weighted by Crippen LogP contribution is -2.31. The Morgan fingerprint density at radius 1 is 1.27 bits per heavy atom. The van der Waals surface area contributed by atoms with Crippen LogP contribution in [0.2, 0.25) is 0 Å². The number of rotatable bonds is 11. The van der Waals surface area contributed by atoms with Gasteiger partial charge in [0.2, 0.25) is 5.91 Å². The fourth-order valence-corrected chi connectivity index (χ4v) is 3.93. The fraction of sp³-hybridized carbons (Fsp3) is 0.727. The molecule has 2 rings (SSSR count). The molecule has 1 heterocycles. The minimum atomic E-state index is 0.0463. The van der Waals surface area contributed by atoms with Crippen molar-refractivity contribution in [3.05, 3.63) is 29.6 Å². The Kier molecular flexibility index (Phi) is 9.68. The van der Waals surface area contributed by atoms with Crippen LogP contribution in [-0.4, -0.2) is 17.4 Å². The van der Waals surface area contributed by atoms with Gasteiger partial charge in [0.05, 0.1) is 11.7 Å². The highest BCUT2D eigenvalue weighted by molar-refractivity contribution is 5.76. The van der Waals surface area contributed by atoms with Gasteiger partial charge < -0.3 is 11.1 Å². The minimum absolute atomic E-state index is 0.0463. The van der Waals surface area contributed by atoms with Gasteiger partial charge in [0.25, 0.3) is 0 Å². The summed E-state index contributed by atoms with van der Waals surface area (Å²) in [5, 5.41) is 3.28. The van der Waals surface area contributed by atoms with Crippen molar-refractivity contribution < 1.29 is 4.79 Å². The van der Waals surface area contributed by atoms with Crippen LogP contribution in [0.3, 0.4) is 0 Å². The second-order valence-corrected chi connectivity index (χ2v) is 7.80. The molecule has 1 fully saturated rings. The van der Waals surface area contributed by atoms with Crippen LogP contribution in [0.25, 0.3) is 0 Å². The average Bonchev–Trinajstić information content (AvgIpc) is 2.67. The van der Waals surface area contributed by atoms with Gasteiger partial charge >= 0.3 is 0 Å². The van der Waals surface area contributed by atoms with E-state index < -0.39 is 0 Å². The van der Waals surface area contributed by atoms with E-state index in [1.165, 1.54) is 50.5 Å². The Hall–Kier alpha value is -1.42. The number of nitrogens with one attached hydrogen (secondary N) is 1. The third kappa shape index (κ3) is 7.45. The molecule has 0 aliphatic heterocycles. The quantitative estimate of drug-likeness (QED) is 0.564. The fourth-order valence-electron chi connectivity index (χ4n) is 3.93. The first-order valence-electron chi connectivity index (χ1n) is 10.7. The predicted molar refractivity (Wildman–Crippen MR) is 108 cm³/mol. The first kappa shape index (κ1) is 20.9. The Bertz CT molecular complexity index is 526. The second-order valence-electron chi connectivity index (χ2n) is 7.80. The highest BCUT2D eigenvalue weighted by atomic mass is 16.1. The van der Waals surface area contributed by atoms with Gasteiger partial charge in [-0.2, -0.15) is 0 Å². The van der Waals surface area contributed by atoms with Gasteiger partial charge in [0.1, 0.15) is 0 Å². The van der Waals surface area contributed by atoms with Gasteiger partial charge in [-0.3, -0.25) is 9.78 Å². The smallest absolute Gasteiger partial charge is 0.220 e. The van der Waals surface area contributed by atoms with Gasteiger partial charge in [0, 0.05) is 12.6 Å². The van der Waals surface area contributed by atoms with E-state index in [1.807, 2.05) is 6.20 Å². The molecule has 1 aliphatic rings. The summed E-state index contributed by atoms with van der Waals surface area (Å²) in [4.78, 5) is 17.0. The molecule has 0 aromatic carbocycles. The van der Waals surface area contributed by atoms with Crippen LogP contribution in [0.4, 0.5) is 0 Å². The SMILES string of the molecule is CCCCc1ccnc([C@H](CC2CCCCC2)NC(=O)CCCCN)c1. The van der Waals surface area contributed by atoms with Gasteiger partial charge in [-0.05, 0) is 62.3 Å². The summed E-state index contributed by atoms with van der Waals surface area (Å²) in [5.41, 5.74) is 7.92. The summed E-state index contributed by atoms with van der Waals surface area (Å²) in [7, 11) is 0. The summed E-state index contributed by atoms with van der Waals surface area (Å²) < 4.78 is 0. The summed E-state index contributed by atoms with van der Waals surface area (Å²) in [6.45, 7) is 2.87. The van der Waals surface area contributed by atoms with E-state index >= 15 is 0 Å². The molecule has 3 N–H and O–H groups in total. The van der Waals surface area contributed by atoms with Crippen LogP contribution in [0.1, 0.15) is 94.9 Å². The molecule has 0 spiro atoms. The number of aromatic nitrogens is 1. The lowest BCUT2D eigenvalue weighted by atomic mass is 9.84. The number of carbonyl (C=O) groups excluding carboxylic acids is 1. The van der Waals surface area contributed by atoms with Crippen LogP contribution in [0, 0.1) is 5.92 Å². The number of pyridine rings is 1. The maximum atomic E-state index is 12.4. The predicted octanol–water partition coefficient (Wildman–Crippen LogP) is 4.68. The molecule has 0 saturated heterocycles. The topological polar surface area (TPSA) is 68.0 Å². The van der Waals surface area contributed by atoms with Crippen LogP contribution in [-0.2, 0) is 11.2 Å². The number of hydrogen-bond donors (Lipinski definition) is 2. The molecule has 0 bridgehead atoms. The first-order chi connectivity index (χ1) is 12.7. The third-order valence-electron chi connectivity index (χ3n) is 5.51. The van der Waals surface area contributed by atoms with Crippen molar-refractivity contribution in [1.82, 2.24) is 10.3 Å². The molecule has 4 nitrogen and oxygen atoms in total. The van der Waals surface area contributed by atoms with E-state index in [1.54, 1.807) is 0 Å². The number of carbonyl (C=O) groups is 1. The lowest BCUT2D eigenvalue weighted by Gasteiger charge is -2.27. The van der Waals surface area contributed by atoms with Crippen molar-refractivity contribution in [2.75, 3.05) is 6.54 Å². The Balaban J connectivity index is 2.04. The molecule has 1 saturated carbocycles. The van der Waals surface area contributed by atoms with Crippen molar-refractivity contribution >= 4 is 5.91 Å². The van der Waals surface area contributed by atoms with Crippen molar-refractivity contribution in [3.8, 4) is 0 Å². The molecular weight excluding hydrogens is 322 g/mol. The van der Waals surface area contributed by atoms with Crippen molar-refractivity contribution in [2.45, 2.75) is 90.0 Å². The molecule has 1 amide bonds. The largest absolute Gasteiger partial charge is 0.348 e. The van der Waals surface area contributed by atoms with Crippen LogP contribution in [0.5, 0.6) is 0 Å². The normalized spacial score (nSPS) is 16.4. The van der Waals surface area contributed by atoms with Crippen molar-refractivity contribution in [2.24, 2.45) is 11.7 Å². The van der Waals surface area contributed by atoms with E-state index in [9.17, 15) is 4.79 Å². The molecule has 1 aliphatic carbocycles.